The second-order valence-corrected chi connectivity index (χ2v) is 4.55. The number of nitrogens with zero attached hydrogens (tertiary/aromatic N) is 1. The molecule has 2 rings (SSSR count). The first-order valence-corrected chi connectivity index (χ1v) is 6.42. The highest BCUT2D eigenvalue weighted by molar-refractivity contribution is 5.35. The molecule has 0 bridgehead atoms. The summed E-state index contributed by atoms with van der Waals surface area (Å²) < 4.78 is 41.2. The molecule has 1 aromatic carbocycles. The SMILES string of the molecule is C[C@H](NCc1cccnc1)c1ccccc1OC(F)(F)F. The second-order valence-electron chi connectivity index (χ2n) is 4.55. The van der Waals surface area contributed by atoms with Gasteiger partial charge in [-0.3, -0.25) is 4.98 Å². The van der Waals surface area contributed by atoms with Crippen molar-refractivity contribution in [3.8, 4) is 5.75 Å². The Morgan fingerprint density at radius 1 is 1.19 bits per heavy atom. The summed E-state index contributed by atoms with van der Waals surface area (Å²) in [7, 11) is 0. The first kappa shape index (κ1) is 15.3. The van der Waals surface area contributed by atoms with Crippen LogP contribution in [0.3, 0.4) is 0 Å². The third-order valence-electron chi connectivity index (χ3n) is 2.95. The average Bonchev–Trinajstić information content (AvgIpc) is 2.45. The highest BCUT2D eigenvalue weighted by Crippen LogP contribution is 2.30. The smallest absolute Gasteiger partial charge is 0.405 e. The predicted molar refractivity (Wildman–Crippen MR) is 72.6 cm³/mol. The molecule has 1 atom stereocenters. The first-order valence-electron chi connectivity index (χ1n) is 6.42. The Labute approximate surface area is 120 Å². The van der Waals surface area contributed by atoms with Gasteiger partial charge in [-0.25, -0.2) is 0 Å². The molecule has 0 aliphatic carbocycles. The minimum Gasteiger partial charge on any atom is -0.405 e. The first-order chi connectivity index (χ1) is 9.96. The van der Waals surface area contributed by atoms with Gasteiger partial charge in [0.15, 0.2) is 0 Å². The maximum atomic E-state index is 12.4. The van der Waals surface area contributed by atoms with Gasteiger partial charge in [-0.05, 0) is 24.6 Å². The molecule has 3 nitrogen and oxygen atoms in total. The zero-order chi connectivity index (χ0) is 15.3. The lowest BCUT2D eigenvalue weighted by Gasteiger charge is -2.19. The summed E-state index contributed by atoms with van der Waals surface area (Å²) in [6, 6.07) is 9.53. The number of benzene rings is 1. The van der Waals surface area contributed by atoms with Gasteiger partial charge in [-0.2, -0.15) is 0 Å². The molecule has 1 heterocycles. The molecule has 0 radical (unpaired) electrons. The van der Waals surface area contributed by atoms with Crippen molar-refractivity contribution in [2.24, 2.45) is 0 Å². The summed E-state index contributed by atoms with van der Waals surface area (Å²) >= 11 is 0. The van der Waals surface area contributed by atoms with E-state index in [1.807, 2.05) is 12.1 Å². The van der Waals surface area contributed by atoms with Crippen molar-refractivity contribution >= 4 is 0 Å². The number of hydrogen-bond acceptors (Lipinski definition) is 3. The van der Waals surface area contributed by atoms with Crippen molar-refractivity contribution in [2.75, 3.05) is 0 Å². The van der Waals surface area contributed by atoms with E-state index in [1.165, 1.54) is 12.1 Å². The topological polar surface area (TPSA) is 34.2 Å². The Morgan fingerprint density at radius 2 is 1.95 bits per heavy atom. The average molecular weight is 296 g/mol. The number of para-hydroxylation sites is 1. The van der Waals surface area contributed by atoms with Crippen LogP contribution in [0.25, 0.3) is 0 Å². The normalized spacial score (nSPS) is 13.0. The Kier molecular flexibility index (Phi) is 4.80. The molecule has 1 aromatic heterocycles. The van der Waals surface area contributed by atoms with Crippen LogP contribution in [0.1, 0.15) is 24.1 Å². The molecule has 0 saturated heterocycles. The minimum absolute atomic E-state index is 0.184. The third kappa shape index (κ3) is 4.75. The lowest BCUT2D eigenvalue weighted by atomic mass is 10.1. The van der Waals surface area contributed by atoms with Crippen LogP contribution in [0.2, 0.25) is 0 Å². The van der Waals surface area contributed by atoms with Gasteiger partial charge in [0.1, 0.15) is 5.75 Å². The van der Waals surface area contributed by atoms with Gasteiger partial charge in [0.2, 0.25) is 0 Å². The second kappa shape index (κ2) is 6.58. The summed E-state index contributed by atoms with van der Waals surface area (Å²) in [5, 5.41) is 3.15. The molecule has 0 unspecified atom stereocenters. The molecule has 0 amide bonds. The van der Waals surface area contributed by atoms with Crippen LogP contribution in [-0.2, 0) is 6.54 Å². The zero-order valence-corrected chi connectivity index (χ0v) is 11.4. The lowest BCUT2D eigenvalue weighted by molar-refractivity contribution is -0.275. The summed E-state index contributed by atoms with van der Waals surface area (Å²) in [6.07, 6.45) is -1.32. The lowest BCUT2D eigenvalue weighted by Crippen LogP contribution is -2.22. The summed E-state index contributed by atoms with van der Waals surface area (Å²) in [5.41, 5.74) is 1.41. The van der Waals surface area contributed by atoms with Gasteiger partial charge in [-0.15, -0.1) is 13.2 Å². The maximum Gasteiger partial charge on any atom is 0.573 e. The molecule has 0 aliphatic heterocycles. The van der Waals surface area contributed by atoms with E-state index in [9.17, 15) is 13.2 Å². The fraction of sp³-hybridized carbons (Fsp3) is 0.267. The molecule has 0 aliphatic rings. The van der Waals surface area contributed by atoms with E-state index in [0.717, 1.165) is 5.56 Å². The molecule has 0 spiro atoms. The number of nitrogens with one attached hydrogen (secondary N) is 1. The number of hydrogen-bond donors (Lipinski definition) is 1. The molecule has 21 heavy (non-hydrogen) atoms. The molecular formula is C15H15F3N2O. The quantitative estimate of drug-likeness (QED) is 0.910. The molecule has 0 fully saturated rings. The van der Waals surface area contributed by atoms with Crippen molar-refractivity contribution < 1.29 is 17.9 Å². The Bertz CT molecular complexity index is 573. The molecule has 112 valence electrons. The summed E-state index contributed by atoms with van der Waals surface area (Å²) in [5.74, 6) is -0.184. The van der Waals surface area contributed by atoms with Gasteiger partial charge >= 0.3 is 6.36 Å². The van der Waals surface area contributed by atoms with Crippen molar-refractivity contribution in [3.05, 3.63) is 59.9 Å². The molecule has 1 N–H and O–H groups in total. The molecule has 2 aromatic rings. The maximum absolute atomic E-state index is 12.4. The van der Waals surface area contributed by atoms with E-state index in [0.29, 0.717) is 12.1 Å². The monoisotopic (exact) mass is 296 g/mol. The number of halogens is 3. The van der Waals surface area contributed by atoms with Crippen LogP contribution >= 0.6 is 0 Å². The Hall–Kier alpha value is -2.08. The van der Waals surface area contributed by atoms with Crippen LogP contribution in [0.4, 0.5) is 13.2 Å². The van der Waals surface area contributed by atoms with Gasteiger partial charge in [-0.1, -0.05) is 24.3 Å². The fourth-order valence-electron chi connectivity index (χ4n) is 1.94. The highest BCUT2D eigenvalue weighted by atomic mass is 19.4. The van der Waals surface area contributed by atoms with E-state index in [4.69, 9.17) is 0 Å². The number of ether oxygens (including phenoxy) is 1. The van der Waals surface area contributed by atoms with Gasteiger partial charge < -0.3 is 10.1 Å². The number of alkyl halides is 3. The van der Waals surface area contributed by atoms with E-state index >= 15 is 0 Å². The Balaban J connectivity index is 2.07. The van der Waals surface area contributed by atoms with E-state index in [-0.39, 0.29) is 11.8 Å². The van der Waals surface area contributed by atoms with Crippen LogP contribution < -0.4 is 10.1 Å². The molecule has 0 saturated carbocycles. The summed E-state index contributed by atoms with van der Waals surface area (Å²) in [4.78, 5) is 3.99. The van der Waals surface area contributed by atoms with Gasteiger partial charge in [0.05, 0.1) is 0 Å². The van der Waals surface area contributed by atoms with Crippen LogP contribution in [0.15, 0.2) is 48.8 Å². The minimum atomic E-state index is -4.70. The number of rotatable bonds is 5. The molecule has 6 heteroatoms. The highest BCUT2D eigenvalue weighted by Gasteiger charge is 2.32. The summed E-state index contributed by atoms with van der Waals surface area (Å²) in [6.45, 7) is 2.30. The van der Waals surface area contributed by atoms with E-state index in [1.54, 1.807) is 31.5 Å². The number of aromatic nitrogens is 1. The van der Waals surface area contributed by atoms with Crippen LogP contribution in [-0.4, -0.2) is 11.3 Å². The van der Waals surface area contributed by atoms with Crippen molar-refractivity contribution in [2.45, 2.75) is 25.9 Å². The van der Waals surface area contributed by atoms with E-state index < -0.39 is 6.36 Å². The van der Waals surface area contributed by atoms with Crippen molar-refractivity contribution in [3.63, 3.8) is 0 Å². The third-order valence-corrected chi connectivity index (χ3v) is 2.95. The van der Waals surface area contributed by atoms with Crippen LogP contribution in [0.5, 0.6) is 5.75 Å². The molecular weight excluding hydrogens is 281 g/mol. The van der Waals surface area contributed by atoms with Gasteiger partial charge in [0.25, 0.3) is 0 Å². The predicted octanol–water partition coefficient (Wildman–Crippen LogP) is 3.83. The zero-order valence-electron chi connectivity index (χ0n) is 11.4. The largest absolute Gasteiger partial charge is 0.573 e. The van der Waals surface area contributed by atoms with Crippen molar-refractivity contribution in [1.82, 2.24) is 10.3 Å². The van der Waals surface area contributed by atoms with Crippen molar-refractivity contribution in [1.29, 1.82) is 0 Å². The number of pyridine rings is 1. The van der Waals surface area contributed by atoms with E-state index in [2.05, 4.69) is 15.0 Å². The standard InChI is InChI=1S/C15H15F3N2O/c1-11(20-10-12-5-4-8-19-9-12)13-6-2-3-7-14(13)21-15(16,17)18/h2-9,11,20H,10H2,1H3/t11-/m0/s1. The fourth-order valence-corrected chi connectivity index (χ4v) is 1.94. The van der Waals surface area contributed by atoms with Crippen LogP contribution in [0, 0.1) is 0 Å². The van der Waals surface area contributed by atoms with Gasteiger partial charge in [0, 0.05) is 30.5 Å². The Morgan fingerprint density at radius 3 is 2.62 bits per heavy atom.